The maximum absolute atomic E-state index is 13.7. The van der Waals surface area contributed by atoms with Gasteiger partial charge in [-0.05, 0) is 48.5 Å². The number of aromatic hydroxyl groups is 1. The minimum absolute atomic E-state index is 0.0550. The van der Waals surface area contributed by atoms with Crippen molar-refractivity contribution in [3.8, 4) is 28.7 Å². The molecule has 0 aliphatic heterocycles. The summed E-state index contributed by atoms with van der Waals surface area (Å²) in [4.78, 5) is 27.1. The topological polar surface area (TPSA) is 84.9 Å². The third-order valence-corrected chi connectivity index (χ3v) is 6.21. The molecule has 0 atom stereocenters. The molecule has 0 bridgehead atoms. The Morgan fingerprint density at radius 1 is 0.553 bits per heavy atom. The number of carbonyl (C=O) groups excluding carboxylic acids is 2. The van der Waals surface area contributed by atoms with Crippen LogP contribution in [0.1, 0.15) is 31.8 Å². The molecule has 38 heavy (non-hydrogen) atoms. The Hall–Kier alpha value is -5.36. The molecule has 5 aromatic rings. The summed E-state index contributed by atoms with van der Waals surface area (Å²) in [6.07, 6.45) is 0. The van der Waals surface area contributed by atoms with Gasteiger partial charge in [0, 0.05) is 22.9 Å². The van der Waals surface area contributed by atoms with Gasteiger partial charge in [-0.2, -0.15) is 0 Å². The minimum atomic E-state index is -0.423. The molecule has 0 heterocycles. The lowest BCUT2D eigenvalue weighted by Crippen LogP contribution is -2.22. The lowest BCUT2D eigenvalue weighted by molar-refractivity contribution is 0.0977. The van der Waals surface area contributed by atoms with Crippen molar-refractivity contribution in [2.45, 2.75) is 0 Å². The smallest absolute Gasteiger partial charge is 0.198 e. The highest BCUT2D eigenvalue weighted by molar-refractivity contribution is 6.31. The molecular formula is C32H21NO5. The summed E-state index contributed by atoms with van der Waals surface area (Å²) in [6, 6.07) is 33.6. The molecule has 0 saturated heterocycles. The number of hydrogen-bond donors (Lipinski definition) is 2. The lowest BCUT2D eigenvalue weighted by Gasteiger charge is -2.24. The van der Waals surface area contributed by atoms with E-state index in [0.29, 0.717) is 22.9 Å². The zero-order valence-corrected chi connectivity index (χ0v) is 20.0. The van der Waals surface area contributed by atoms with Crippen molar-refractivity contribution in [3.05, 3.63) is 138 Å². The number of nitrogens with one attached hydrogen (secondary N) is 1. The van der Waals surface area contributed by atoms with Gasteiger partial charge in [0.1, 0.15) is 23.0 Å². The third-order valence-electron chi connectivity index (χ3n) is 6.21. The van der Waals surface area contributed by atoms with E-state index in [1.54, 1.807) is 60.7 Å². The Morgan fingerprint density at radius 3 is 1.66 bits per heavy atom. The Kier molecular flexibility index (Phi) is 5.82. The molecule has 0 amide bonds. The fourth-order valence-electron chi connectivity index (χ4n) is 4.45. The SMILES string of the molecule is O=C1c2ccccc2C(=O)c2c(Nc3ccc(Oc4ccccc4)cc3)c(Oc3ccccc3)cc(O)c21. The van der Waals surface area contributed by atoms with Crippen LogP contribution >= 0.6 is 0 Å². The van der Waals surface area contributed by atoms with E-state index in [1.807, 2.05) is 48.5 Å². The minimum Gasteiger partial charge on any atom is -0.507 e. The van der Waals surface area contributed by atoms with E-state index >= 15 is 0 Å². The van der Waals surface area contributed by atoms with E-state index in [2.05, 4.69) is 5.32 Å². The Balaban J connectivity index is 1.43. The highest BCUT2D eigenvalue weighted by Crippen LogP contribution is 2.45. The summed E-state index contributed by atoms with van der Waals surface area (Å²) in [5.74, 6) is 0.937. The molecule has 0 radical (unpaired) electrons. The molecule has 1 aliphatic carbocycles. The number of phenolic OH excluding ortho intramolecular Hbond substituents is 1. The molecule has 6 nitrogen and oxygen atoms in total. The number of ether oxygens (including phenoxy) is 2. The second-order valence-electron chi connectivity index (χ2n) is 8.70. The molecule has 0 saturated carbocycles. The van der Waals surface area contributed by atoms with Gasteiger partial charge in [0.15, 0.2) is 17.3 Å². The fraction of sp³-hybridized carbons (Fsp3) is 0. The van der Waals surface area contributed by atoms with Crippen LogP contribution in [-0.4, -0.2) is 16.7 Å². The zero-order valence-electron chi connectivity index (χ0n) is 20.0. The van der Waals surface area contributed by atoms with Crippen LogP contribution < -0.4 is 14.8 Å². The first-order valence-electron chi connectivity index (χ1n) is 12.0. The lowest BCUT2D eigenvalue weighted by atomic mass is 9.82. The number of benzene rings is 5. The summed E-state index contributed by atoms with van der Waals surface area (Å²) in [5, 5.41) is 14.2. The number of anilines is 2. The second kappa shape index (κ2) is 9.59. The van der Waals surface area contributed by atoms with E-state index in [1.165, 1.54) is 6.07 Å². The molecule has 0 aromatic heterocycles. The highest BCUT2D eigenvalue weighted by atomic mass is 16.5. The van der Waals surface area contributed by atoms with Crippen molar-refractivity contribution >= 4 is 22.9 Å². The molecule has 0 spiro atoms. The third kappa shape index (κ3) is 4.24. The van der Waals surface area contributed by atoms with Crippen molar-refractivity contribution < 1.29 is 24.2 Å². The average molecular weight is 500 g/mol. The quantitative estimate of drug-likeness (QED) is 0.231. The molecule has 6 heteroatoms. The van der Waals surface area contributed by atoms with Crippen molar-refractivity contribution in [3.63, 3.8) is 0 Å². The molecular weight excluding hydrogens is 478 g/mol. The number of carbonyl (C=O) groups is 2. The summed E-state index contributed by atoms with van der Waals surface area (Å²) >= 11 is 0. The number of phenols is 1. The van der Waals surface area contributed by atoms with Gasteiger partial charge in [-0.25, -0.2) is 0 Å². The normalized spacial score (nSPS) is 11.9. The number of hydrogen-bond acceptors (Lipinski definition) is 6. The first kappa shape index (κ1) is 23.1. The molecule has 0 unspecified atom stereocenters. The number of fused-ring (bicyclic) bond motifs is 2. The molecule has 2 N–H and O–H groups in total. The van der Waals surface area contributed by atoms with E-state index in [-0.39, 0.29) is 45.2 Å². The summed E-state index contributed by atoms with van der Waals surface area (Å²) < 4.78 is 12.0. The zero-order chi connectivity index (χ0) is 26.1. The highest BCUT2D eigenvalue weighted by Gasteiger charge is 2.36. The largest absolute Gasteiger partial charge is 0.507 e. The van der Waals surface area contributed by atoms with Crippen molar-refractivity contribution in [1.82, 2.24) is 0 Å². The van der Waals surface area contributed by atoms with Gasteiger partial charge >= 0.3 is 0 Å². The standard InChI is InChI=1S/C32H21NO5/c34-26-19-27(38-22-11-5-2-6-12-22)30(29-28(26)31(35)24-13-7-8-14-25(24)32(29)36)33-20-15-17-23(18-16-20)37-21-9-3-1-4-10-21/h1-19,33-34H. The Labute approximate surface area is 218 Å². The van der Waals surface area contributed by atoms with Crippen LogP contribution in [0.4, 0.5) is 11.4 Å². The van der Waals surface area contributed by atoms with Crippen LogP contribution in [0.15, 0.2) is 115 Å². The van der Waals surface area contributed by atoms with E-state index in [9.17, 15) is 14.7 Å². The summed E-state index contributed by atoms with van der Waals surface area (Å²) in [7, 11) is 0. The van der Waals surface area contributed by atoms with Gasteiger partial charge < -0.3 is 19.9 Å². The molecule has 1 aliphatic rings. The van der Waals surface area contributed by atoms with E-state index in [4.69, 9.17) is 9.47 Å². The van der Waals surface area contributed by atoms with Crippen molar-refractivity contribution in [2.75, 3.05) is 5.32 Å². The monoisotopic (exact) mass is 499 g/mol. The van der Waals surface area contributed by atoms with Crippen LogP contribution in [0.5, 0.6) is 28.7 Å². The van der Waals surface area contributed by atoms with Crippen LogP contribution in [0.25, 0.3) is 0 Å². The molecule has 184 valence electrons. The first-order chi connectivity index (χ1) is 18.6. The van der Waals surface area contributed by atoms with Crippen LogP contribution in [-0.2, 0) is 0 Å². The van der Waals surface area contributed by atoms with E-state index in [0.717, 1.165) is 0 Å². The molecule has 0 fully saturated rings. The van der Waals surface area contributed by atoms with Crippen LogP contribution in [0.2, 0.25) is 0 Å². The number of ketones is 2. The van der Waals surface area contributed by atoms with Gasteiger partial charge in [0.2, 0.25) is 0 Å². The van der Waals surface area contributed by atoms with Crippen LogP contribution in [0, 0.1) is 0 Å². The first-order valence-corrected chi connectivity index (χ1v) is 12.0. The van der Waals surface area contributed by atoms with Gasteiger partial charge in [-0.15, -0.1) is 0 Å². The van der Waals surface area contributed by atoms with Gasteiger partial charge in [0.05, 0.1) is 16.8 Å². The molecule has 6 rings (SSSR count). The fourth-order valence-corrected chi connectivity index (χ4v) is 4.45. The summed E-state index contributed by atoms with van der Waals surface area (Å²) in [5.41, 5.74) is 1.45. The van der Waals surface area contributed by atoms with Gasteiger partial charge in [-0.1, -0.05) is 60.7 Å². The van der Waals surface area contributed by atoms with Crippen molar-refractivity contribution in [2.24, 2.45) is 0 Å². The maximum Gasteiger partial charge on any atom is 0.198 e. The predicted molar refractivity (Wildman–Crippen MR) is 144 cm³/mol. The summed E-state index contributed by atoms with van der Waals surface area (Å²) in [6.45, 7) is 0. The van der Waals surface area contributed by atoms with Gasteiger partial charge in [-0.3, -0.25) is 9.59 Å². The average Bonchev–Trinajstić information content (AvgIpc) is 2.95. The Morgan fingerprint density at radius 2 is 1.05 bits per heavy atom. The molecule has 5 aromatic carbocycles. The van der Waals surface area contributed by atoms with Crippen LogP contribution in [0.3, 0.4) is 0 Å². The van der Waals surface area contributed by atoms with Crippen molar-refractivity contribution in [1.29, 1.82) is 0 Å². The van der Waals surface area contributed by atoms with Gasteiger partial charge in [0.25, 0.3) is 0 Å². The number of para-hydroxylation sites is 2. The predicted octanol–water partition coefficient (Wildman–Crippen LogP) is 7.50. The Bertz CT molecular complexity index is 1660. The maximum atomic E-state index is 13.7. The second-order valence-corrected chi connectivity index (χ2v) is 8.70. The van der Waals surface area contributed by atoms with E-state index < -0.39 is 5.78 Å². The number of rotatable bonds is 6.